The first-order valence-electron chi connectivity index (χ1n) is 5.32. The van der Waals surface area contributed by atoms with Crippen LogP contribution in [0.2, 0.25) is 0 Å². The molecule has 0 aliphatic carbocycles. The summed E-state index contributed by atoms with van der Waals surface area (Å²) in [5.74, 6) is 0.381. The maximum atomic E-state index is 13.4. The Hall–Kier alpha value is -0.570. The fourth-order valence-electron chi connectivity index (χ4n) is 1.51. The van der Waals surface area contributed by atoms with E-state index in [1.54, 1.807) is 6.07 Å². The van der Waals surface area contributed by atoms with Gasteiger partial charge in [-0.1, -0.05) is 36.2 Å². The first kappa shape index (κ1) is 12.5. The fourth-order valence-corrected chi connectivity index (χ4v) is 1.85. The molecule has 1 nitrogen and oxygen atoms in total. The summed E-state index contributed by atoms with van der Waals surface area (Å²) in [6.07, 6.45) is 2.34. The van der Waals surface area contributed by atoms with Crippen molar-refractivity contribution < 1.29 is 4.39 Å². The topological polar surface area (TPSA) is 12.0 Å². The number of benzene rings is 1. The molecule has 84 valence electrons. The van der Waals surface area contributed by atoms with Crippen LogP contribution in [0.4, 0.5) is 10.1 Å². The van der Waals surface area contributed by atoms with E-state index >= 15 is 0 Å². The third kappa shape index (κ3) is 4.20. The van der Waals surface area contributed by atoms with Crippen LogP contribution in [0.25, 0.3) is 0 Å². The lowest BCUT2D eigenvalue weighted by molar-refractivity contribution is 0.547. The van der Waals surface area contributed by atoms with E-state index in [2.05, 4.69) is 35.1 Å². The highest BCUT2D eigenvalue weighted by Gasteiger charge is 2.04. The SMILES string of the molecule is CCCC(C)CNc1ccc(Br)cc1F. The highest BCUT2D eigenvalue weighted by atomic mass is 79.9. The molecule has 1 rings (SSSR count). The minimum absolute atomic E-state index is 0.201. The minimum Gasteiger partial charge on any atom is -0.382 e. The van der Waals surface area contributed by atoms with Gasteiger partial charge in [0.05, 0.1) is 5.69 Å². The summed E-state index contributed by atoms with van der Waals surface area (Å²) < 4.78 is 14.2. The van der Waals surface area contributed by atoms with Crippen LogP contribution in [0.15, 0.2) is 22.7 Å². The summed E-state index contributed by atoms with van der Waals surface area (Å²) in [7, 11) is 0. The normalized spacial score (nSPS) is 12.5. The largest absolute Gasteiger partial charge is 0.382 e. The Morgan fingerprint density at radius 3 is 2.80 bits per heavy atom. The van der Waals surface area contributed by atoms with Crippen LogP contribution in [-0.2, 0) is 0 Å². The van der Waals surface area contributed by atoms with Gasteiger partial charge in [0.1, 0.15) is 5.82 Å². The number of rotatable bonds is 5. The van der Waals surface area contributed by atoms with Gasteiger partial charge in [0, 0.05) is 11.0 Å². The molecule has 15 heavy (non-hydrogen) atoms. The molecule has 0 fully saturated rings. The van der Waals surface area contributed by atoms with Crippen LogP contribution in [0.5, 0.6) is 0 Å². The Morgan fingerprint density at radius 1 is 1.47 bits per heavy atom. The maximum absolute atomic E-state index is 13.4. The molecule has 1 N–H and O–H groups in total. The van der Waals surface area contributed by atoms with Crippen LogP contribution >= 0.6 is 15.9 Å². The standard InChI is InChI=1S/C12H17BrFN/c1-3-4-9(2)8-15-12-6-5-10(13)7-11(12)14/h5-7,9,15H,3-4,8H2,1-2H3. The number of anilines is 1. The quantitative estimate of drug-likeness (QED) is 0.837. The summed E-state index contributed by atoms with van der Waals surface area (Å²) in [4.78, 5) is 0. The van der Waals surface area contributed by atoms with Crippen LogP contribution in [0, 0.1) is 11.7 Å². The minimum atomic E-state index is -0.201. The second-order valence-corrected chi connectivity index (χ2v) is 4.81. The highest BCUT2D eigenvalue weighted by Crippen LogP contribution is 2.19. The van der Waals surface area contributed by atoms with E-state index in [0.717, 1.165) is 11.0 Å². The molecule has 1 atom stereocenters. The van der Waals surface area contributed by atoms with Crippen molar-refractivity contribution in [3.63, 3.8) is 0 Å². The van der Waals surface area contributed by atoms with Crippen molar-refractivity contribution in [1.29, 1.82) is 0 Å². The molecule has 0 bridgehead atoms. The van der Waals surface area contributed by atoms with Crippen molar-refractivity contribution >= 4 is 21.6 Å². The van der Waals surface area contributed by atoms with Gasteiger partial charge in [-0.2, -0.15) is 0 Å². The number of hydrogen-bond acceptors (Lipinski definition) is 1. The summed E-state index contributed by atoms with van der Waals surface area (Å²) in [5.41, 5.74) is 0.584. The zero-order chi connectivity index (χ0) is 11.3. The van der Waals surface area contributed by atoms with E-state index in [9.17, 15) is 4.39 Å². The van der Waals surface area contributed by atoms with E-state index in [1.165, 1.54) is 18.9 Å². The van der Waals surface area contributed by atoms with Gasteiger partial charge in [0.25, 0.3) is 0 Å². The van der Waals surface area contributed by atoms with Crippen LogP contribution in [-0.4, -0.2) is 6.54 Å². The van der Waals surface area contributed by atoms with Crippen molar-refractivity contribution in [2.75, 3.05) is 11.9 Å². The summed E-state index contributed by atoms with van der Waals surface area (Å²) >= 11 is 3.23. The zero-order valence-corrected chi connectivity index (χ0v) is 10.8. The van der Waals surface area contributed by atoms with E-state index in [-0.39, 0.29) is 5.82 Å². The van der Waals surface area contributed by atoms with E-state index in [1.807, 2.05) is 6.07 Å². The number of hydrogen-bond donors (Lipinski definition) is 1. The van der Waals surface area contributed by atoms with E-state index < -0.39 is 0 Å². The van der Waals surface area contributed by atoms with Crippen molar-refractivity contribution in [2.24, 2.45) is 5.92 Å². The molecule has 0 aliphatic rings. The molecule has 0 saturated carbocycles. The molecular weight excluding hydrogens is 257 g/mol. The van der Waals surface area contributed by atoms with Gasteiger partial charge in [0.2, 0.25) is 0 Å². The molecule has 1 aromatic carbocycles. The van der Waals surface area contributed by atoms with Crippen molar-refractivity contribution in [3.8, 4) is 0 Å². The first-order valence-corrected chi connectivity index (χ1v) is 6.11. The average Bonchev–Trinajstić information content (AvgIpc) is 2.17. The molecular formula is C12H17BrFN. The van der Waals surface area contributed by atoms with E-state index in [4.69, 9.17) is 0 Å². The smallest absolute Gasteiger partial charge is 0.147 e. The summed E-state index contributed by atoms with van der Waals surface area (Å²) in [6.45, 7) is 5.16. The van der Waals surface area contributed by atoms with Gasteiger partial charge in [-0.05, 0) is 30.5 Å². The van der Waals surface area contributed by atoms with Crippen molar-refractivity contribution in [1.82, 2.24) is 0 Å². The first-order chi connectivity index (χ1) is 7.13. The van der Waals surface area contributed by atoms with Gasteiger partial charge in [-0.25, -0.2) is 4.39 Å². The number of halogens is 2. The average molecular weight is 274 g/mol. The summed E-state index contributed by atoms with van der Waals surface area (Å²) in [6, 6.07) is 5.08. The van der Waals surface area contributed by atoms with Crippen LogP contribution in [0.3, 0.4) is 0 Å². The summed E-state index contributed by atoms with van der Waals surface area (Å²) in [5, 5.41) is 3.13. The lowest BCUT2D eigenvalue weighted by Crippen LogP contribution is -2.11. The molecule has 3 heteroatoms. The fraction of sp³-hybridized carbons (Fsp3) is 0.500. The third-order valence-corrected chi connectivity index (χ3v) is 2.85. The maximum Gasteiger partial charge on any atom is 0.147 e. The molecule has 0 aromatic heterocycles. The lowest BCUT2D eigenvalue weighted by Gasteiger charge is -2.13. The predicted molar refractivity (Wildman–Crippen MR) is 66.7 cm³/mol. The van der Waals surface area contributed by atoms with Gasteiger partial charge >= 0.3 is 0 Å². The predicted octanol–water partition coefficient (Wildman–Crippen LogP) is 4.44. The molecule has 0 aliphatic heterocycles. The highest BCUT2D eigenvalue weighted by molar-refractivity contribution is 9.10. The van der Waals surface area contributed by atoms with Crippen LogP contribution < -0.4 is 5.32 Å². The third-order valence-electron chi connectivity index (χ3n) is 2.35. The van der Waals surface area contributed by atoms with Gasteiger partial charge in [-0.3, -0.25) is 0 Å². The molecule has 1 unspecified atom stereocenters. The number of nitrogens with one attached hydrogen (secondary N) is 1. The van der Waals surface area contributed by atoms with Gasteiger partial charge in [-0.15, -0.1) is 0 Å². The van der Waals surface area contributed by atoms with Gasteiger partial charge < -0.3 is 5.32 Å². The second-order valence-electron chi connectivity index (χ2n) is 3.90. The Balaban J connectivity index is 2.50. The van der Waals surface area contributed by atoms with E-state index in [0.29, 0.717) is 11.6 Å². The second kappa shape index (κ2) is 6.11. The van der Waals surface area contributed by atoms with Crippen molar-refractivity contribution in [2.45, 2.75) is 26.7 Å². The molecule has 0 amide bonds. The Labute approximate surface area is 99.2 Å². The molecule has 1 aromatic rings. The zero-order valence-electron chi connectivity index (χ0n) is 9.19. The Morgan fingerprint density at radius 2 is 2.20 bits per heavy atom. The molecule has 0 spiro atoms. The molecule has 0 saturated heterocycles. The Bertz CT molecular complexity index is 314. The monoisotopic (exact) mass is 273 g/mol. The van der Waals surface area contributed by atoms with Crippen LogP contribution in [0.1, 0.15) is 26.7 Å². The van der Waals surface area contributed by atoms with Crippen molar-refractivity contribution in [3.05, 3.63) is 28.5 Å². The lowest BCUT2D eigenvalue weighted by atomic mass is 10.1. The Kier molecular flexibility index (Phi) is 5.09. The molecule has 0 radical (unpaired) electrons. The molecule has 0 heterocycles. The van der Waals surface area contributed by atoms with Gasteiger partial charge in [0.15, 0.2) is 0 Å².